The van der Waals surface area contributed by atoms with Gasteiger partial charge < -0.3 is 10.2 Å². The highest BCUT2D eigenvalue weighted by Crippen LogP contribution is 2.34. The number of thioether (sulfide) groups is 1. The lowest BCUT2D eigenvalue weighted by Gasteiger charge is -2.32. The SMILES string of the molecule is O=C(NCC1CCN(C(=O)c2ccc(C(F)(F)F)cc2)CC1)C1=Cc2cnc3cccc(n23)S1. The highest BCUT2D eigenvalue weighted by molar-refractivity contribution is 8.04. The Morgan fingerprint density at radius 3 is 2.53 bits per heavy atom. The number of nitrogens with one attached hydrogen (secondary N) is 1. The molecule has 6 nitrogen and oxygen atoms in total. The molecule has 0 aliphatic carbocycles. The van der Waals surface area contributed by atoms with Crippen molar-refractivity contribution < 1.29 is 22.8 Å². The molecule has 4 heterocycles. The number of carbonyl (C=O) groups excluding carboxylic acids is 2. The Labute approximate surface area is 197 Å². The first kappa shape index (κ1) is 22.5. The van der Waals surface area contributed by atoms with Crippen LogP contribution in [0.25, 0.3) is 11.7 Å². The van der Waals surface area contributed by atoms with Crippen molar-refractivity contribution in [2.45, 2.75) is 24.0 Å². The number of hydrogen-bond donors (Lipinski definition) is 1. The number of alkyl halides is 3. The maximum atomic E-state index is 12.8. The van der Waals surface area contributed by atoms with E-state index in [1.165, 1.54) is 23.9 Å². The molecule has 2 amide bonds. The summed E-state index contributed by atoms with van der Waals surface area (Å²) in [5.41, 5.74) is 1.18. The van der Waals surface area contributed by atoms with Crippen molar-refractivity contribution in [2.24, 2.45) is 5.92 Å². The highest BCUT2D eigenvalue weighted by Gasteiger charge is 2.31. The van der Waals surface area contributed by atoms with E-state index in [9.17, 15) is 22.8 Å². The molecule has 0 spiro atoms. The fourth-order valence-corrected chi connectivity index (χ4v) is 5.25. The summed E-state index contributed by atoms with van der Waals surface area (Å²) >= 11 is 1.40. The molecule has 0 saturated carbocycles. The Bertz CT molecular complexity index is 1280. The van der Waals surface area contributed by atoms with Gasteiger partial charge in [0, 0.05) is 25.2 Å². The van der Waals surface area contributed by atoms with Crippen LogP contribution in [0.1, 0.15) is 34.5 Å². The van der Waals surface area contributed by atoms with Gasteiger partial charge in [-0.2, -0.15) is 13.2 Å². The average molecular weight is 487 g/mol. The third-order valence-corrected chi connectivity index (χ3v) is 7.20. The zero-order valence-corrected chi connectivity index (χ0v) is 18.8. The third-order valence-electron chi connectivity index (χ3n) is 6.15. The molecule has 5 rings (SSSR count). The molecule has 176 valence electrons. The molecule has 1 aromatic carbocycles. The van der Waals surface area contributed by atoms with Gasteiger partial charge in [0.2, 0.25) is 0 Å². The van der Waals surface area contributed by atoms with Crippen molar-refractivity contribution in [1.29, 1.82) is 0 Å². The van der Waals surface area contributed by atoms with Gasteiger partial charge in [-0.05, 0) is 61.2 Å². The number of halogens is 3. The second-order valence-corrected chi connectivity index (χ2v) is 9.43. The topological polar surface area (TPSA) is 66.7 Å². The molecule has 0 radical (unpaired) electrons. The first-order valence-electron chi connectivity index (χ1n) is 10.9. The Hall–Kier alpha value is -3.27. The van der Waals surface area contributed by atoms with E-state index in [0.717, 1.165) is 28.5 Å². The van der Waals surface area contributed by atoms with E-state index in [4.69, 9.17) is 0 Å². The van der Waals surface area contributed by atoms with Crippen LogP contribution in [0.4, 0.5) is 13.2 Å². The fraction of sp³-hybridized carbons (Fsp3) is 0.292. The number of piperidine rings is 1. The Balaban J connectivity index is 1.13. The fourth-order valence-electron chi connectivity index (χ4n) is 4.25. The minimum atomic E-state index is -4.43. The van der Waals surface area contributed by atoms with Crippen molar-refractivity contribution in [3.05, 3.63) is 70.4 Å². The summed E-state index contributed by atoms with van der Waals surface area (Å²) in [6.07, 6.45) is 0.578. The van der Waals surface area contributed by atoms with Crippen LogP contribution in [0.15, 0.2) is 58.6 Å². The molecule has 2 aliphatic heterocycles. The Morgan fingerprint density at radius 2 is 1.82 bits per heavy atom. The van der Waals surface area contributed by atoms with Crippen molar-refractivity contribution >= 4 is 35.3 Å². The summed E-state index contributed by atoms with van der Waals surface area (Å²) in [4.78, 5) is 32.0. The molecular weight excluding hydrogens is 465 g/mol. The number of aromatic nitrogens is 2. The summed E-state index contributed by atoms with van der Waals surface area (Å²) in [5.74, 6) is -0.188. The minimum absolute atomic E-state index is 0.141. The van der Waals surface area contributed by atoms with Gasteiger partial charge in [-0.1, -0.05) is 17.8 Å². The number of imidazole rings is 1. The van der Waals surface area contributed by atoms with Crippen LogP contribution >= 0.6 is 11.8 Å². The lowest BCUT2D eigenvalue weighted by Crippen LogP contribution is -2.41. The molecule has 34 heavy (non-hydrogen) atoms. The van der Waals surface area contributed by atoms with Gasteiger partial charge in [-0.3, -0.25) is 14.0 Å². The number of hydrogen-bond acceptors (Lipinski definition) is 4. The standard InChI is InChI=1S/C24H21F3N4O2S/c25-24(26,27)17-6-4-16(5-7-17)23(33)30-10-8-15(9-11-30)13-29-22(32)19-12-18-14-28-20-2-1-3-21(34-19)31(18)20/h1-7,12,14-15H,8-11,13H2,(H,29,32). The summed E-state index contributed by atoms with van der Waals surface area (Å²) in [6.45, 7) is 1.50. The van der Waals surface area contributed by atoms with Crippen molar-refractivity contribution in [3.63, 3.8) is 0 Å². The molecule has 0 atom stereocenters. The number of carbonyl (C=O) groups is 2. The molecular formula is C24H21F3N4O2S. The normalized spacial score (nSPS) is 16.4. The summed E-state index contributed by atoms with van der Waals surface area (Å²) in [6, 6.07) is 10.1. The van der Waals surface area contributed by atoms with E-state index in [0.29, 0.717) is 37.4 Å². The van der Waals surface area contributed by atoms with Gasteiger partial charge in [-0.15, -0.1) is 0 Å². The number of likely N-dealkylation sites (tertiary alicyclic amines) is 1. The molecule has 1 saturated heterocycles. The predicted octanol–water partition coefficient (Wildman–Crippen LogP) is 4.47. The van der Waals surface area contributed by atoms with Crippen LogP contribution in [0.3, 0.4) is 0 Å². The molecule has 0 unspecified atom stereocenters. The predicted molar refractivity (Wildman–Crippen MR) is 122 cm³/mol. The molecule has 10 heteroatoms. The van der Waals surface area contributed by atoms with Gasteiger partial charge in [-0.25, -0.2) is 4.98 Å². The van der Waals surface area contributed by atoms with Crippen LogP contribution in [-0.2, 0) is 11.0 Å². The molecule has 1 fully saturated rings. The minimum Gasteiger partial charge on any atom is -0.351 e. The summed E-state index contributed by atoms with van der Waals surface area (Å²) < 4.78 is 40.2. The zero-order chi connectivity index (χ0) is 23.9. The molecule has 2 aliphatic rings. The lowest BCUT2D eigenvalue weighted by atomic mass is 9.96. The third kappa shape index (κ3) is 4.42. The number of nitrogens with zero attached hydrogens (tertiary/aromatic N) is 3. The zero-order valence-electron chi connectivity index (χ0n) is 18.0. The molecule has 1 N–H and O–H groups in total. The van der Waals surface area contributed by atoms with Crippen molar-refractivity contribution in [1.82, 2.24) is 19.6 Å². The first-order valence-corrected chi connectivity index (χ1v) is 11.7. The second-order valence-electron chi connectivity index (χ2n) is 8.37. The van der Waals surface area contributed by atoms with E-state index < -0.39 is 11.7 Å². The Morgan fingerprint density at radius 1 is 1.09 bits per heavy atom. The maximum Gasteiger partial charge on any atom is 0.416 e. The van der Waals surface area contributed by atoms with Gasteiger partial charge in [0.1, 0.15) is 5.65 Å². The number of rotatable bonds is 4. The summed E-state index contributed by atoms with van der Waals surface area (Å²) in [7, 11) is 0. The largest absolute Gasteiger partial charge is 0.416 e. The smallest absolute Gasteiger partial charge is 0.351 e. The van der Waals surface area contributed by atoms with Crippen LogP contribution in [0.5, 0.6) is 0 Å². The van der Waals surface area contributed by atoms with E-state index in [1.54, 1.807) is 11.1 Å². The van der Waals surface area contributed by atoms with Gasteiger partial charge in [0.25, 0.3) is 11.8 Å². The maximum absolute atomic E-state index is 12.8. The van der Waals surface area contributed by atoms with E-state index in [1.807, 2.05) is 28.7 Å². The molecule has 2 aromatic heterocycles. The van der Waals surface area contributed by atoms with Crippen LogP contribution < -0.4 is 5.32 Å². The first-order chi connectivity index (χ1) is 16.3. The van der Waals surface area contributed by atoms with Gasteiger partial charge in [0.05, 0.1) is 27.4 Å². The number of amides is 2. The van der Waals surface area contributed by atoms with Crippen molar-refractivity contribution in [2.75, 3.05) is 19.6 Å². The van der Waals surface area contributed by atoms with Crippen LogP contribution in [-0.4, -0.2) is 45.7 Å². The van der Waals surface area contributed by atoms with Crippen molar-refractivity contribution in [3.8, 4) is 0 Å². The van der Waals surface area contributed by atoms with Gasteiger partial charge in [0.15, 0.2) is 0 Å². The Kier molecular flexibility index (Phi) is 5.85. The summed E-state index contributed by atoms with van der Waals surface area (Å²) in [5, 5.41) is 3.94. The quantitative estimate of drug-likeness (QED) is 0.591. The highest BCUT2D eigenvalue weighted by atomic mass is 32.2. The van der Waals surface area contributed by atoms with E-state index >= 15 is 0 Å². The monoisotopic (exact) mass is 486 g/mol. The average Bonchev–Trinajstić information content (AvgIpc) is 3.26. The second kappa shape index (κ2) is 8.83. The lowest BCUT2D eigenvalue weighted by molar-refractivity contribution is -0.137. The number of benzene rings is 1. The molecule has 3 aromatic rings. The van der Waals surface area contributed by atoms with E-state index in [-0.39, 0.29) is 23.3 Å². The molecule has 0 bridgehead atoms. The number of pyridine rings is 1. The van der Waals surface area contributed by atoms with Crippen LogP contribution in [0.2, 0.25) is 0 Å². The van der Waals surface area contributed by atoms with Gasteiger partial charge >= 0.3 is 6.18 Å². The van der Waals surface area contributed by atoms with Crippen LogP contribution in [0, 0.1) is 5.92 Å². The van der Waals surface area contributed by atoms with E-state index in [2.05, 4.69) is 10.3 Å².